The Kier molecular flexibility index (Phi) is 5.77. The highest BCUT2D eigenvalue weighted by molar-refractivity contribution is 4.94. The first-order valence-electron chi connectivity index (χ1n) is 7.05. The van der Waals surface area contributed by atoms with Crippen LogP contribution in [0.25, 0.3) is 0 Å². The van der Waals surface area contributed by atoms with Gasteiger partial charge >= 0.3 is 0 Å². The maximum atomic E-state index is 6.10. The SMILES string of the molecule is CCNC(C(CC)CC)C1(C)CCCCO1. The Morgan fingerprint density at radius 3 is 2.31 bits per heavy atom. The lowest BCUT2D eigenvalue weighted by atomic mass is 9.78. The summed E-state index contributed by atoms with van der Waals surface area (Å²) in [6, 6.07) is 0.521. The maximum Gasteiger partial charge on any atom is 0.0809 e. The highest BCUT2D eigenvalue weighted by atomic mass is 16.5. The van der Waals surface area contributed by atoms with E-state index in [1.54, 1.807) is 0 Å². The normalized spacial score (nSPS) is 28.3. The van der Waals surface area contributed by atoms with E-state index in [9.17, 15) is 0 Å². The van der Waals surface area contributed by atoms with Gasteiger partial charge in [0.25, 0.3) is 0 Å². The molecule has 1 N–H and O–H groups in total. The fourth-order valence-electron chi connectivity index (χ4n) is 3.06. The van der Waals surface area contributed by atoms with Crippen molar-refractivity contribution in [2.75, 3.05) is 13.2 Å². The molecule has 1 aliphatic heterocycles. The van der Waals surface area contributed by atoms with Crippen LogP contribution < -0.4 is 5.32 Å². The zero-order valence-corrected chi connectivity index (χ0v) is 11.5. The van der Waals surface area contributed by atoms with Crippen molar-refractivity contribution < 1.29 is 4.74 Å². The number of nitrogens with one attached hydrogen (secondary N) is 1. The Morgan fingerprint density at radius 1 is 1.19 bits per heavy atom. The van der Waals surface area contributed by atoms with Gasteiger partial charge in [0.05, 0.1) is 5.60 Å². The van der Waals surface area contributed by atoms with Crippen molar-refractivity contribution in [2.45, 2.75) is 71.4 Å². The molecule has 1 rings (SSSR count). The summed E-state index contributed by atoms with van der Waals surface area (Å²) >= 11 is 0. The third kappa shape index (κ3) is 3.21. The van der Waals surface area contributed by atoms with Crippen LogP contribution in [0.4, 0.5) is 0 Å². The molecule has 16 heavy (non-hydrogen) atoms. The van der Waals surface area contributed by atoms with E-state index < -0.39 is 0 Å². The van der Waals surface area contributed by atoms with Crippen molar-refractivity contribution in [1.29, 1.82) is 0 Å². The molecular formula is C14H29NO. The number of hydrogen-bond donors (Lipinski definition) is 1. The van der Waals surface area contributed by atoms with Crippen molar-refractivity contribution in [3.63, 3.8) is 0 Å². The van der Waals surface area contributed by atoms with Gasteiger partial charge in [-0.3, -0.25) is 0 Å². The maximum absolute atomic E-state index is 6.10. The quantitative estimate of drug-likeness (QED) is 0.751. The fourth-order valence-corrected chi connectivity index (χ4v) is 3.06. The number of likely N-dealkylation sites (N-methyl/N-ethyl adjacent to an activating group) is 1. The van der Waals surface area contributed by atoms with Crippen LogP contribution in [-0.2, 0) is 4.74 Å². The Morgan fingerprint density at radius 2 is 1.88 bits per heavy atom. The fraction of sp³-hybridized carbons (Fsp3) is 1.00. The molecule has 1 saturated heterocycles. The summed E-state index contributed by atoms with van der Waals surface area (Å²) in [7, 11) is 0. The molecule has 2 heteroatoms. The molecule has 0 aromatic heterocycles. The largest absolute Gasteiger partial charge is 0.374 e. The van der Waals surface area contributed by atoms with Crippen molar-refractivity contribution in [3.8, 4) is 0 Å². The second-order valence-corrected chi connectivity index (χ2v) is 5.23. The smallest absolute Gasteiger partial charge is 0.0809 e. The summed E-state index contributed by atoms with van der Waals surface area (Å²) in [5.74, 6) is 0.739. The van der Waals surface area contributed by atoms with Crippen LogP contribution in [0.5, 0.6) is 0 Å². The van der Waals surface area contributed by atoms with Crippen molar-refractivity contribution in [2.24, 2.45) is 5.92 Å². The van der Waals surface area contributed by atoms with Gasteiger partial charge in [-0.1, -0.05) is 33.6 Å². The highest BCUT2D eigenvalue weighted by Crippen LogP contribution is 2.33. The first kappa shape index (κ1) is 14.0. The first-order chi connectivity index (χ1) is 7.68. The van der Waals surface area contributed by atoms with E-state index in [0.29, 0.717) is 6.04 Å². The minimum absolute atomic E-state index is 0.0605. The molecule has 1 aliphatic rings. The molecule has 0 radical (unpaired) electrons. The molecule has 0 spiro atoms. The van der Waals surface area contributed by atoms with Crippen LogP contribution in [0.1, 0.15) is 59.8 Å². The van der Waals surface area contributed by atoms with Gasteiger partial charge in [0.1, 0.15) is 0 Å². The molecule has 2 unspecified atom stereocenters. The molecular weight excluding hydrogens is 198 g/mol. The Bertz CT molecular complexity index is 183. The molecule has 1 fully saturated rings. The van der Waals surface area contributed by atoms with Gasteiger partial charge in [-0.15, -0.1) is 0 Å². The molecule has 0 aliphatic carbocycles. The van der Waals surface area contributed by atoms with Gasteiger partial charge in [0.15, 0.2) is 0 Å². The zero-order valence-electron chi connectivity index (χ0n) is 11.5. The van der Waals surface area contributed by atoms with E-state index in [4.69, 9.17) is 4.74 Å². The minimum Gasteiger partial charge on any atom is -0.374 e. The van der Waals surface area contributed by atoms with Crippen molar-refractivity contribution in [1.82, 2.24) is 5.32 Å². The summed E-state index contributed by atoms with van der Waals surface area (Å²) in [4.78, 5) is 0. The van der Waals surface area contributed by atoms with Gasteiger partial charge < -0.3 is 10.1 Å². The topological polar surface area (TPSA) is 21.3 Å². The second kappa shape index (κ2) is 6.61. The highest BCUT2D eigenvalue weighted by Gasteiger charge is 2.39. The molecule has 96 valence electrons. The van der Waals surface area contributed by atoms with E-state index >= 15 is 0 Å². The molecule has 0 amide bonds. The number of rotatable bonds is 6. The third-order valence-corrected chi connectivity index (χ3v) is 4.10. The van der Waals surface area contributed by atoms with Gasteiger partial charge in [0, 0.05) is 12.6 Å². The number of hydrogen-bond acceptors (Lipinski definition) is 2. The van der Waals surface area contributed by atoms with E-state index in [-0.39, 0.29) is 5.60 Å². The Hall–Kier alpha value is -0.0800. The molecule has 0 saturated carbocycles. The summed E-state index contributed by atoms with van der Waals surface area (Å²) < 4.78 is 6.10. The molecule has 2 atom stereocenters. The average molecular weight is 227 g/mol. The lowest BCUT2D eigenvalue weighted by Crippen LogP contribution is -2.55. The monoisotopic (exact) mass is 227 g/mol. The van der Waals surface area contributed by atoms with Gasteiger partial charge in [0.2, 0.25) is 0 Å². The predicted octanol–water partition coefficient (Wildman–Crippen LogP) is 3.36. The first-order valence-corrected chi connectivity index (χ1v) is 7.05. The van der Waals surface area contributed by atoms with Crippen LogP contribution in [0.3, 0.4) is 0 Å². The zero-order chi connectivity index (χ0) is 12.0. The Labute approximate surface area is 101 Å². The molecule has 2 nitrogen and oxygen atoms in total. The summed E-state index contributed by atoms with van der Waals surface area (Å²) in [6.45, 7) is 11.1. The molecule has 1 heterocycles. The standard InChI is InChI=1S/C14H29NO/c1-5-12(6-2)13(15-7-3)14(4)10-8-9-11-16-14/h12-13,15H,5-11H2,1-4H3. The van der Waals surface area contributed by atoms with Gasteiger partial charge in [-0.2, -0.15) is 0 Å². The van der Waals surface area contributed by atoms with Gasteiger partial charge in [-0.05, 0) is 38.6 Å². The van der Waals surface area contributed by atoms with Crippen LogP contribution in [0.2, 0.25) is 0 Å². The van der Waals surface area contributed by atoms with Crippen LogP contribution >= 0.6 is 0 Å². The second-order valence-electron chi connectivity index (χ2n) is 5.23. The minimum atomic E-state index is 0.0605. The lowest BCUT2D eigenvalue weighted by molar-refractivity contribution is -0.101. The third-order valence-electron chi connectivity index (χ3n) is 4.10. The van der Waals surface area contributed by atoms with Crippen LogP contribution in [0.15, 0.2) is 0 Å². The van der Waals surface area contributed by atoms with E-state index in [0.717, 1.165) is 19.1 Å². The molecule has 0 aromatic carbocycles. The van der Waals surface area contributed by atoms with Crippen LogP contribution in [0, 0.1) is 5.92 Å². The summed E-state index contributed by atoms with van der Waals surface area (Å²) in [5.41, 5.74) is 0.0605. The molecule has 0 bridgehead atoms. The van der Waals surface area contributed by atoms with E-state index in [1.807, 2.05) is 0 Å². The Balaban J connectivity index is 2.73. The van der Waals surface area contributed by atoms with Crippen molar-refractivity contribution >= 4 is 0 Å². The van der Waals surface area contributed by atoms with Gasteiger partial charge in [-0.25, -0.2) is 0 Å². The summed E-state index contributed by atoms with van der Waals surface area (Å²) in [6.07, 6.45) is 6.25. The van der Waals surface area contributed by atoms with Crippen molar-refractivity contribution in [3.05, 3.63) is 0 Å². The summed E-state index contributed by atoms with van der Waals surface area (Å²) in [5, 5.41) is 3.67. The van der Waals surface area contributed by atoms with E-state index in [1.165, 1.54) is 32.1 Å². The van der Waals surface area contributed by atoms with Crippen LogP contribution in [-0.4, -0.2) is 24.8 Å². The number of ether oxygens (including phenoxy) is 1. The predicted molar refractivity (Wildman–Crippen MR) is 69.7 cm³/mol. The van der Waals surface area contributed by atoms with E-state index in [2.05, 4.69) is 33.0 Å². The average Bonchev–Trinajstić information content (AvgIpc) is 2.30. The molecule has 0 aromatic rings. The lowest BCUT2D eigenvalue weighted by Gasteiger charge is -2.44.